The van der Waals surface area contributed by atoms with Crippen molar-refractivity contribution in [3.05, 3.63) is 107 Å². The van der Waals surface area contributed by atoms with E-state index in [0.717, 1.165) is 28.7 Å². The molecule has 1 aliphatic heterocycles. The van der Waals surface area contributed by atoms with Crippen molar-refractivity contribution in [2.45, 2.75) is 13.0 Å². The lowest BCUT2D eigenvalue weighted by atomic mass is 9.94. The molecule has 0 aromatic heterocycles. The molecule has 1 aliphatic rings. The van der Waals surface area contributed by atoms with Gasteiger partial charge in [0.05, 0.1) is 17.3 Å². The van der Waals surface area contributed by atoms with E-state index in [1.807, 2.05) is 13.0 Å². The Hall–Kier alpha value is -3.80. The van der Waals surface area contributed by atoms with Crippen molar-refractivity contribution in [3.63, 3.8) is 0 Å². The Kier molecular flexibility index (Phi) is 4.91. The Morgan fingerprint density at radius 3 is 2.37 bits per heavy atom. The Morgan fingerprint density at radius 1 is 0.933 bits per heavy atom. The van der Waals surface area contributed by atoms with Gasteiger partial charge in [-0.25, -0.2) is 8.78 Å². The second kappa shape index (κ2) is 7.55. The van der Waals surface area contributed by atoms with E-state index in [1.54, 1.807) is 48.5 Å². The molecule has 150 valence electrons. The van der Waals surface area contributed by atoms with Gasteiger partial charge in [-0.05, 0) is 24.6 Å². The number of aryl methyl sites for hydroxylation is 1. The minimum atomic E-state index is -1.11. The molecule has 30 heavy (non-hydrogen) atoms. The number of hydrogen-bond donors (Lipinski definition) is 1. The van der Waals surface area contributed by atoms with Crippen LogP contribution >= 0.6 is 0 Å². The summed E-state index contributed by atoms with van der Waals surface area (Å²) in [5.74, 6) is -3.98. The molecule has 4 rings (SSSR count). The van der Waals surface area contributed by atoms with Crippen LogP contribution in [0.15, 0.2) is 78.4 Å². The average Bonchev–Trinajstić information content (AvgIpc) is 3.01. The van der Waals surface area contributed by atoms with Gasteiger partial charge in [0.25, 0.3) is 11.7 Å². The number of anilines is 1. The van der Waals surface area contributed by atoms with Crippen molar-refractivity contribution >= 4 is 23.1 Å². The second-order valence-corrected chi connectivity index (χ2v) is 7.04. The highest BCUT2D eigenvalue weighted by molar-refractivity contribution is 6.51. The van der Waals surface area contributed by atoms with Crippen LogP contribution in [0.4, 0.5) is 14.5 Å². The molecule has 6 heteroatoms. The minimum absolute atomic E-state index is 0.180. The number of carbonyl (C=O) groups is 2. The first kappa shape index (κ1) is 19.5. The molecular weight excluding hydrogens is 388 g/mol. The van der Waals surface area contributed by atoms with E-state index in [9.17, 15) is 23.5 Å². The number of carbonyl (C=O) groups excluding carboxylic acids is 2. The number of rotatable bonds is 3. The zero-order chi connectivity index (χ0) is 21.4. The van der Waals surface area contributed by atoms with Gasteiger partial charge in [0.15, 0.2) is 0 Å². The summed E-state index contributed by atoms with van der Waals surface area (Å²) in [4.78, 5) is 26.8. The highest BCUT2D eigenvalue weighted by Crippen LogP contribution is 2.43. The van der Waals surface area contributed by atoms with Crippen LogP contribution < -0.4 is 4.90 Å². The topological polar surface area (TPSA) is 57.6 Å². The van der Waals surface area contributed by atoms with E-state index >= 15 is 0 Å². The fourth-order valence-electron chi connectivity index (χ4n) is 3.66. The third-order valence-corrected chi connectivity index (χ3v) is 5.02. The minimum Gasteiger partial charge on any atom is -0.507 e. The zero-order valence-corrected chi connectivity index (χ0v) is 16.0. The van der Waals surface area contributed by atoms with Crippen LogP contribution in [-0.4, -0.2) is 16.8 Å². The van der Waals surface area contributed by atoms with Gasteiger partial charge in [-0.2, -0.15) is 0 Å². The standard InChI is InChI=1S/C24H17F2NO3/c1-14-6-5-9-16(12-14)21-20(22(28)15-7-3-2-4-8-15)23(29)24(30)27(21)19-13-17(25)10-11-18(19)26/h2-13,21,28H,1H3/b22-20+. The van der Waals surface area contributed by atoms with Crippen LogP contribution in [0.1, 0.15) is 22.7 Å². The Balaban J connectivity index is 2.00. The third-order valence-electron chi connectivity index (χ3n) is 5.02. The molecule has 0 aliphatic carbocycles. The largest absolute Gasteiger partial charge is 0.507 e. The number of amides is 1. The average molecular weight is 405 g/mol. The van der Waals surface area contributed by atoms with E-state index in [2.05, 4.69) is 0 Å². The van der Waals surface area contributed by atoms with Gasteiger partial charge >= 0.3 is 0 Å². The van der Waals surface area contributed by atoms with Crippen LogP contribution in [0.2, 0.25) is 0 Å². The first-order valence-corrected chi connectivity index (χ1v) is 9.26. The summed E-state index contributed by atoms with van der Waals surface area (Å²) in [6.45, 7) is 1.83. The molecule has 1 amide bonds. The summed E-state index contributed by atoms with van der Waals surface area (Å²) >= 11 is 0. The van der Waals surface area contributed by atoms with E-state index in [-0.39, 0.29) is 17.0 Å². The number of benzene rings is 3. The van der Waals surface area contributed by atoms with Crippen molar-refractivity contribution in [2.24, 2.45) is 0 Å². The number of Topliss-reactive ketones (excluding diaryl/α,β-unsaturated/α-hetero) is 1. The van der Waals surface area contributed by atoms with Crippen LogP contribution in [0.3, 0.4) is 0 Å². The smallest absolute Gasteiger partial charge is 0.300 e. The van der Waals surface area contributed by atoms with Crippen molar-refractivity contribution in [3.8, 4) is 0 Å². The number of hydrogen-bond acceptors (Lipinski definition) is 3. The fourth-order valence-corrected chi connectivity index (χ4v) is 3.66. The predicted octanol–water partition coefficient (Wildman–Crippen LogP) is 4.90. The van der Waals surface area contributed by atoms with Crippen LogP contribution in [0, 0.1) is 18.6 Å². The van der Waals surface area contributed by atoms with Gasteiger partial charge < -0.3 is 5.11 Å². The maximum Gasteiger partial charge on any atom is 0.300 e. The lowest BCUT2D eigenvalue weighted by Crippen LogP contribution is -2.30. The number of halogens is 2. The zero-order valence-electron chi connectivity index (χ0n) is 16.0. The Labute approximate surface area is 171 Å². The van der Waals surface area contributed by atoms with E-state index in [1.165, 1.54) is 0 Å². The summed E-state index contributed by atoms with van der Waals surface area (Å²) in [5, 5.41) is 10.9. The highest BCUT2D eigenvalue weighted by Gasteiger charge is 2.47. The summed E-state index contributed by atoms with van der Waals surface area (Å²) in [7, 11) is 0. The molecule has 1 fully saturated rings. The number of aliphatic hydroxyl groups is 1. The molecular formula is C24H17F2NO3. The van der Waals surface area contributed by atoms with Crippen molar-refractivity contribution in [2.75, 3.05) is 4.90 Å². The normalized spacial score (nSPS) is 18.1. The first-order chi connectivity index (χ1) is 14.4. The predicted molar refractivity (Wildman–Crippen MR) is 109 cm³/mol. The van der Waals surface area contributed by atoms with Crippen LogP contribution in [0.5, 0.6) is 0 Å². The number of ketones is 1. The molecule has 0 saturated carbocycles. The van der Waals surface area contributed by atoms with Crippen molar-refractivity contribution < 1.29 is 23.5 Å². The van der Waals surface area contributed by atoms with E-state index in [0.29, 0.717) is 11.1 Å². The molecule has 3 aromatic carbocycles. The van der Waals surface area contributed by atoms with Crippen LogP contribution in [0.25, 0.3) is 5.76 Å². The first-order valence-electron chi connectivity index (χ1n) is 9.26. The van der Waals surface area contributed by atoms with Crippen LogP contribution in [-0.2, 0) is 9.59 Å². The molecule has 1 N–H and O–H groups in total. The molecule has 0 spiro atoms. The lowest BCUT2D eigenvalue weighted by molar-refractivity contribution is -0.132. The van der Waals surface area contributed by atoms with Crippen molar-refractivity contribution in [1.82, 2.24) is 0 Å². The van der Waals surface area contributed by atoms with Gasteiger partial charge in [-0.1, -0.05) is 60.2 Å². The van der Waals surface area contributed by atoms with Gasteiger partial charge in [0, 0.05) is 11.6 Å². The molecule has 4 nitrogen and oxygen atoms in total. The Morgan fingerprint density at radius 2 is 1.67 bits per heavy atom. The molecule has 1 heterocycles. The molecule has 0 bridgehead atoms. The van der Waals surface area contributed by atoms with Gasteiger partial charge in [0.2, 0.25) is 0 Å². The van der Waals surface area contributed by atoms with E-state index < -0.39 is 29.4 Å². The van der Waals surface area contributed by atoms with Gasteiger partial charge in [-0.3, -0.25) is 14.5 Å². The molecule has 3 aromatic rings. The van der Waals surface area contributed by atoms with Gasteiger partial charge in [-0.15, -0.1) is 0 Å². The highest BCUT2D eigenvalue weighted by atomic mass is 19.1. The maximum absolute atomic E-state index is 14.6. The summed E-state index contributed by atoms with van der Waals surface area (Å²) in [6, 6.07) is 16.9. The SMILES string of the molecule is Cc1cccc(C2/C(=C(\O)c3ccccc3)C(=O)C(=O)N2c2cc(F)ccc2F)c1. The third kappa shape index (κ3) is 3.26. The summed E-state index contributed by atoms with van der Waals surface area (Å²) in [5.41, 5.74) is 1.14. The quantitative estimate of drug-likeness (QED) is 0.383. The summed E-state index contributed by atoms with van der Waals surface area (Å²) in [6.07, 6.45) is 0. The molecule has 1 unspecified atom stereocenters. The van der Waals surface area contributed by atoms with Crippen molar-refractivity contribution in [1.29, 1.82) is 0 Å². The van der Waals surface area contributed by atoms with E-state index in [4.69, 9.17) is 0 Å². The second-order valence-electron chi connectivity index (χ2n) is 7.04. The monoisotopic (exact) mass is 405 g/mol. The maximum atomic E-state index is 14.6. The number of nitrogens with zero attached hydrogens (tertiary/aromatic N) is 1. The lowest BCUT2D eigenvalue weighted by Gasteiger charge is -2.26. The molecule has 0 radical (unpaired) electrons. The number of aliphatic hydroxyl groups excluding tert-OH is 1. The fraction of sp³-hybridized carbons (Fsp3) is 0.0833. The molecule has 1 saturated heterocycles. The van der Waals surface area contributed by atoms with Gasteiger partial charge in [0.1, 0.15) is 17.4 Å². The Bertz CT molecular complexity index is 1190. The summed E-state index contributed by atoms with van der Waals surface area (Å²) < 4.78 is 28.5. The molecule has 1 atom stereocenters.